The molecular formula is C22H19F3N4O. The summed E-state index contributed by atoms with van der Waals surface area (Å²) in [6.45, 7) is 0.782. The van der Waals surface area contributed by atoms with Gasteiger partial charge in [0, 0.05) is 37.0 Å². The average Bonchev–Trinajstić information content (AvgIpc) is 3.44. The number of pyridine rings is 1. The van der Waals surface area contributed by atoms with Gasteiger partial charge in [0.1, 0.15) is 0 Å². The molecule has 1 fully saturated rings. The van der Waals surface area contributed by atoms with Crippen molar-refractivity contribution in [2.45, 2.75) is 37.9 Å². The van der Waals surface area contributed by atoms with Crippen molar-refractivity contribution >= 4 is 5.91 Å². The van der Waals surface area contributed by atoms with E-state index in [-0.39, 0.29) is 11.9 Å². The molecule has 2 aromatic heterocycles. The van der Waals surface area contributed by atoms with Crippen molar-refractivity contribution in [2.75, 3.05) is 6.54 Å². The Kier molecular flexibility index (Phi) is 4.38. The van der Waals surface area contributed by atoms with Gasteiger partial charge in [0.05, 0.1) is 11.4 Å². The first-order valence-corrected chi connectivity index (χ1v) is 9.89. The van der Waals surface area contributed by atoms with Crippen molar-refractivity contribution in [3.63, 3.8) is 0 Å². The van der Waals surface area contributed by atoms with Crippen LogP contribution in [0, 0.1) is 0 Å². The molecule has 154 valence electrons. The van der Waals surface area contributed by atoms with Gasteiger partial charge >= 0.3 is 6.18 Å². The summed E-state index contributed by atoms with van der Waals surface area (Å²) in [7, 11) is 0. The van der Waals surface area contributed by atoms with E-state index in [1.807, 2.05) is 17.0 Å². The fourth-order valence-corrected chi connectivity index (χ4v) is 4.43. The molecule has 0 N–H and O–H groups in total. The van der Waals surface area contributed by atoms with Gasteiger partial charge in [-0.15, -0.1) is 0 Å². The second-order valence-corrected chi connectivity index (χ2v) is 7.77. The smallest absolute Gasteiger partial charge is 0.339 e. The highest BCUT2D eigenvalue weighted by Gasteiger charge is 2.36. The number of carbonyl (C=O) groups is 1. The third-order valence-corrected chi connectivity index (χ3v) is 5.87. The van der Waals surface area contributed by atoms with Crippen LogP contribution in [0.4, 0.5) is 13.2 Å². The summed E-state index contributed by atoms with van der Waals surface area (Å²) in [6.07, 6.45) is 1.53. The summed E-state index contributed by atoms with van der Waals surface area (Å²) in [4.78, 5) is 18.0. The largest absolute Gasteiger partial charge is 0.435 e. The standard InChI is InChI=1S/C22H19F3N4O/c23-22(24,25)20-13-19(14-5-7-26-8-6-14)29(27-20)17-4-3-15-10-18(12-16(15)11-17)28-9-1-2-21(28)30/h3-8,11,13,18H,1-2,9-10,12H2/t18-/m1/s1. The SMILES string of the molecule is O=C1CCCN1[C@@H]1Cc2ccc(-n3nc(C(F)(F)F)cc3-c3ccncc3)cc2C1. The number of hydrogen-bond donors (Lipinski definition) is 0. The van der Waals surface area contributed by atoms with E-state index in [4.69, 9.17) is 0 Å². The lowest BCUT2D eigenvalue weighted by Crippen LogP contribution is -2.36. The molecule has 0 bridgehead atoms. The van der Waals surface area contributed by atoms with Gasteiger partial charge in [-0.1, -0.05) is 6.07 Å². The van der Waals surface area contributed by atoms with Crippen LogP contribution in [0.25, 0.3) is 16.9 Å². The maximum atomic E-state index is 13.4. The Morgan fingerprint density at radius 2 is 1.77 bits per heavy atom. The minimum atomic E-state index is -4.54. The monoisotopic (exact) mass is 412 g/mol. The van der Waals surface area contributed by atoms with Gasteiger partial charge in [0.2, 0.25) is 5.91 Å². The molecule has 30 heavy (non-hydrogen) atoms. The van der Waals surface area contributed by atoms with E-state index in [0.717, 1.165) is 36.6 Å². The first-order valence-electron chi connectivity index (χ1n) is 9.89. The first-order chi connectivity index (χ1) is 14.4. The van der Waals surface area contributed by atoms with E-state index in [0.29, 0.717) is 29.8 Å². The van der Waals surface area contributed by atoms with Crippen LogP contribution < -0.4 is 0 Å². The highest BCUT2D eigenvalue weighted by atomic mass is 19.4. The normalized spacial score (nSPS) is 18.8. The van der Waals surface area contributed by atoms with Gasteiger partial charge in [-0.3, -0.25) is 9.78 Å². The maximum Gasteiger partial charge on any atom is 0.435 e. The van der Waals surface area contributed by atoms with Crippen molar-refractivity contribution in [1.82, 2.24) is 19.7 Å². The number of benzene rings is 1. The highest BCUT2D eigenvalue weighted by molar-refractivity contribution is 5.78. The van der Waals surface area contributed by atoms with Crippen molar-refractivity contribution in [2.24, 2.45) is 0 Å². The predicted molar refractivity (Wildman–Crippen MR) is 104 cm³/mol. The van der Waals surface area contributed by atoms with Gasteiger partial charge in [-0.2, -0.15) is 18.3 Å². The van der Waals surface area contributed by atoms with E-state index in [9.17, 15) is 18.0 Å². The number of carbonyl (C=O) groups excluding carboxylic acids is 1. The molecule has 1 atom stereocenters. The molecule has 0 spiro atoms. The fourth-order valence-electron chi connectivity index (χ4n) is 4.43. The van der Waals surface area contributed by atoms with Crippen molar-refractivity contribution in [1.29, 1.82) is 0 Å². The number of alkyl halides is 3. The maximum absolute atomic E-state index is 13.4. The lowest BCUT2D eigenvalue weighted by atomic mass is 10.1. The molecule has 5 nitrogen and oxygen atoms in total. The number of fused-ring (bicyclic) bond motifs is 1. The van der Waals surface area contributed by atoms with E-state index in [1.54, 1.807) is 30.6 Å². The Hall–Kier alpha value is -3.16. The summed E-state index contributed by atoms with van der Waals surface area (Å²) < 4.78 is 41.4. The summed E-state index contributed by atoms with van der Waals surface area (Å²) in [5.74, 6) is 0.190. The number of aromatic nitrogens is 3. The molecule has 0 saturated carbocycles. The van der Waals surface area contributed by atoms with Crippen LogP contribution in [0.3, 0.4) is 0 Å². The van der Waals surface area contributed by atoms with Gasteiger partial charge in [-0.25, -0.2) is 4.68 Å². The van der Waals surface area contributed by atoms with E-state index in [2.05, 4.69) is 10.1 Å². The Morgan fingerprint density at radius 1 is 1.00 bits per heavy atom. The van der Waals surface area contributed by atoms with Crippen LogP contribution >= 0.6 is 0 Å². The predicted octanol–water partition coefficient (Wildman–Crippen LogP) is 4.04. The average molecular weight is 412 g/mol. The molecule has 1 aliphatic carbocycles. The molecule has 1 aromatic carbocycles. The zero-order chi connectivity index (χ0) is 20.9. The molecule has 1 amide bonds. The number of likely N-dealkylation sites (tertiary alicyclic amines) is 1. The van der Waals surface area contributed by atoms with Crippen molar-refractivity contribution in [3.8, 4) is 16.9 Å². The van der Waals surface area contributed by atoms with E-state index >= 15 is 0 Å². The Morgan fingerprint density at radius 3 is 2.47 bits per heavy atom. The van der Waals surface area contributed by atoms with Crippen LogP contribution in [0.2, 0.25) is 0 Å². The highest BCUT2D eigenvalue weighted by Crippen LogP contribution is 2.35. The van der Waals surface area contributed by atoms with E-state index < -0.39 is 11.9 Å². The molecule has 0 radical (unpaired) electrons. The quantitative estimate of drug-likeness (QED) is 0.652. The van der Waals surface area contributed by atoms with Gasteiger partial charge < -0.3 is 4.90 Å². The van der Waals surface area contributed by atoms with Crippen molar-refractivity contribution in [3.05, 3.63) is 65.6 Å². The van der Waals surface area contributed by atoms with Crippen molar-refractivity contribution < 1.29 is 18.0 Å². The summed E-state index contributed by atoms with van der Waals surface area (Å²) in [6, 6.07) is 10.2. The minimum Gasteiger partial charge on any atom is -0.339 e. The summed E-state index contributed by atoms with van der Waals surface area (Å²) in [5, 5.41) is 3.87. The second kappa shape index (κ2) is 6.97. The van der Waals surface area contributed by atoms with Gasteiger partial charge in [0.25, 0.3) is 0 Å². The zero-order valence-corrected chi connectivity index (χ0v) is 16.1. The molecule has 3 heterocycles. The van der Waals surface area contributed by atoms with Crippen LogP contribution in [0.1, 0.15) is 29.7 Å². The third kappa shape index (κ3) is 3.26. The van der Waals surface area contributed by atoms with E-state index in [1.165, 1.54) is 4.68 Å². The molecule has 1 saturated heterocycles. The zero-order valence-electron chi connectivity index (χ0n) is 16.1. The Bertz CT molecular complexity index is 1110. The number of hydrogen-bond acceptors (Lipinski definition) is 3. The third-order valence-electron chi connectivity index (χ3n) is 5.87. The number of halogens is 3. The molecular weight excluding hydrogens is 393 g/mol. The van der Waals surface area contributed by atoms with Gasteiger partial charge in [-0.05, 0) is 60.7 Å². The number of amides is 1. The lowest BCUT2D eigenvalue weighted by molar-refractivity contribution is -0.141. The molecule has 5 rings (SSSR count). The second-order valence-electron chi connectivity index (χ2n) is 7.77. The Balaban J connectivity index is 1.53. The minimum absolute atomic E-state index is 0.133. The number of nitrogens with zero attached hydrogens (tertiary/aromatic N) is 4. The molecule has 3 aromatic rings. The first kappa shape index (κ1) is 18.8. The fraction of sp³-hybridized carbons (Fsp3) is 0.318. The Labute approximate surface area is 171 Å². The summed E-state index contributed by atoms with van der Waals surface area (Å²) >= 11 is 0. The molecule has 2 aliphatic rings. The van der Waals surface area contributed by atoms with Gasteiger partial charge in [0.15, 0.2) is 5.69 Å². The topological polar surface area (TPSA) is 51.0 Å². The summed E-state index contributed by atoms with van der Waals surface area (Å²) in [5.41, 5.74) is 2.79. The lowest BCUT2D eigenvalue weighted by Gasteiger charge is -2.23. The van der Waals surface area contributed by atoms with Crippen LogP contribution in [0.5, 0.6) is 0 Å². The molecule has 8 heteroatoms. The number of rotatable bonds is 3. The molecule has 0 unspecified atom stereocenters. The van der Waals surface area contributed by atoms with Crippen LogP contribution in [0.15, 0.2) is 48.8 Å². The molecule has 1 aliphatic heterocycles. The van der Waals surface area contributed by atoms with Crippen LogP contribution in [-0.2, 0) is 23.8 Å². The van der Waals surface area contributed by atoms with Crippen LogP contribution in [-0.4, -0.2) is 38.2 Å².